The summed E-state index contributed by atoms with van der Waals surface area (Å²) in [4.78, 5) is 25.0. The Morgan fingerprint density at radius 2 is 1.96 bits per heavy atom. The van der Waals surface area contributed by atoms with Crippen molar-refractivity contribution in [1.29, 1.82) is 0 Å². The summed E-state index contributed by atoms with van der Waals surface area (Å²) in [6.07, 6.45) is 0. The summed E-state index contributed by atoms with van der Waals surface area (Å²) in [5, 5.41) is 3.80. The number of benzene rings is 1. The lowest BCUT2D eigenvalue weighted by Gasteiger charge is -2.18. The third-order valence-corrected chi connectivity index (χ3v) is 4.56. The smallest absolute Gasteiger partial charge is 0.336 e. The van der Waals surface area contributed by atoms with Crippen molar-refractivity contribution in [2.24, 2.45) is 0 Å². The molecule has 0 radical (unpaired) electrons. The monoisotopic (exact) mass is 345 g/mol. The second-order valence-electron chi connectivity index (χ2n) is 6.86. The molecule has 0 fully saturated rings. The summed E-state index contributed by atoms with van der Waals surface area (Å²) in [5.74, 6) is 0.430. The normalized spacial score (nSPS) is 12.6. The van der Waals surface area contributed by atoms with E-state index in [4.69, 9.17) is 4.42 Å². The van der Waals surface area contributed by atoms with E-state index in [0.717, 1.165) is 28.0 Å². The number of hydrogen-bond donors (Lipinski definition) is 2. The van der Waals surface area contributed by atoms with Crippen molar-refractivity contribution in [3.05, 3.63) is 45.3 Å². The molecule has 2 N–H and O–H groups in total. The van der Waals surface area contributed by atoms with Gasteiger partial charge in [0.2, 0.25) is 0 Å². The highest BCUT2D eigenvalue weighted by Crippen LogP contribution is 2.26. The number of carbonyl (C=O) groups excluding carboxylic acids is 1. The zero-order valence-electron chi connectivity index (χ0n) is 15.9. The average molecular weight is 345 g/mol. The number of aryl methyl sites for hydroxylation is 1. The summed E-state index contributed by atoms with van der Waals surface area (Å²) < 4.78 is 5.41. The van der Waals surface area contributed by atoms with Crippen LogP contribution in [-0.2, 0) is 11.3 Å². The second kappa shape index (κ2) is 8.30. The SMILES string of the molecule is CCNC(=O)C[NH+](CC)Cc1cc(=O)oc2cc(C)c(C(C)C)cc12. The number of rotatable bonds is 7. The summed E-state index contributed by atoms with van der Waals surface area (Å²) in [7, 11) is 0. The molecule has 1 aromatic heterocycles. The Morgan fingerprint density at radius 1 is 1.24 bits per heavy atom. The molecule has 1 heterocycles. The zero-order valence-corrected chi connectivity index (χ0v) is 15.9. The van der Waals surface area contributed by atoms with E-state index in [2.05, 4.69) is 25.2 Å². The molecule has 0 saturated heterocycles. The minimum atomic E-state index is -0.340. The van der Waals surface area contributed by atoms with Crippen molar-refractivity contribution in [3.63, 3.8) is 0 Å². The van der Waals surface area contributed by atoms with Crippen molar-refractivity contribution in [2.45, 2.75) is 47.1 Å². The number of quaternary nitrogens is 1. The van der Waals surface area contributed by atoms with Gasteiger partial charge in [0.15, 0.2) is 6.54 Å². The number of amides is 1. The van der Waals surface area contributed by atoms with Gasteiger partial charge in [0.25, 0.3) is 5.91 Å². The van der Waals surface area contributed by atoms with Crippen molar-refractivity contribution in [2.75, 3.05) is 19.6 Å². The standard InChI is InChI=1S/C20H28N2O3/c1-6-21-19(23)12-22(7-2)11-15-9-20(24)25-18-8-14(5)16(13(3)4)10-17(15)18/h8-10,13H,6-7,11-12H2,1-5H3,(H,21,23)/p+1. The molecule has 25 heavy (non-hydrogen) atoms. The van der Waals surface area contributed by atoms with Gasteiger partial charge in [0.1, 0.15) is 12.1 Å². The van der Waals surface area contributed by atoms with Crippen LogP contribution < -0.4 is 15.8 Å². The molecule has 136 valence electrons. The van der Waals surface area contributed by atoms with Gasteiger partial charge < -0.3 is 14.6 Å². The molecule has 0 spiro atoms. The van der Waals surface area contributed by atoms with Crippen LogP contribution in [0.3, 0.4) is 0 Å². The largest absolute Gasteiger partial charge is 0.423 e. The highest BCUT2D eigenvalue weighted by atomic mass is 16.4. The third-order valence-electron chi connectivity index (χ3n) is 4.56. The minimum Gasteiger partial charge on any atom is -0.423 e. The molecule has 2 rings (SSSR count). The van der Waals surface area contributed by atoms with Crippen LogP contribution in [0.25, 0.3) is 11.0 Å². The molecular formula is C20H29N2O3+. The van der Waals surface area contributed by atoms with E-state index in [-0.39, 0.29) is 11.5 Å². The highest BCUT2D eigenvalue weighted by molar-refractivity contribution is 5.82. The molecule has 5 heteroatoms. The Hall–Kier alpha value is -2.14. The Morgan fingerprint density at radius 3 is 2.56 bits per heavy atom. The zero-order chi connectivity index (χ0) is 18.6. The summed E-state index contributed by atoms with van der Waals surface area (Å²) in [5.41, 5.74) is 3.61. The summed E-state index contributed by atoms with van der Waals surface area (Å²) in [6.45, 7) is 12.8. The van der Waals surface area contributed by atoms with Gasteiger partial charge in [-0.3, -0.25) is 4.79 Å². The lowest BCUT2D eigenvalue weighted by Crippen LogP contribution is -3.11. The van der Waals surface area contributed by atoms with Crippen LogP contribution in [0.4, 0.5) is 0 Å². The fraction of sp³-hybridized carbons (Fsp3) is 0.500. The van der Waals surface area contributed by atoms with Crippen molar-refractivity contribution in [3.8, 4) is 0 Å². The van der Waals surface area contributed by atoms with Crippen LogP contribution in [0, 0.1) is 6.92 Å². The van der Waals surface area contributed by atoms with Gasteiger partial charge in [0.05, 0.1) is 6.54 Å². The lowest BCUT2D eigenvalue weighted by molar-refractivity contribution is -0.904. The molecule has 0 aliphatic rings. The van der Waals surface area contributed by atoms with Gasteiger partial charge in [-0.2, -0.15) is 0 Å². The van der Waals surface area contributed by atoms with Crippen LogP contribution in [0.15, 0.2) is 27.4 Å². The van der Waals surface area contributed by atoms with Crippen molar-refractivity contribution < 1.29 is 14.1 Å². The van der Waals surface area contributed by atoms with Crippen molar-refractivity contribution in [1.82, 2.24) is 5.32 Å². The minimum absolute atomic E-state index is 0.0327. The Labute approximate surface area is 149 Å². The van der Waals surface area contributed by atoms with Crippen LogP contribution in [-0.4, -0.2) is 25.5 Å². The fourth-order valence-corrected chi connectivity index (χ4v) is 3.23. The van der Waals surface area contributed by atoms with Gasteiger partial charge in [-0.25, -0.2) is 4.79 Å². The van der Waals surface area contributed by atoms with Crippen molar-refractivity contribution >= 4 is 16.9 Å². The van der Waals surface area contributed by atoms with E-state index in [1.54, 1.807) is 6.07 Å². The quantitative estimate of drug-likeness (QED) is 0.752. The van der Waals surface area contributed by atoms with Gasteiger partial charge in [0, 0.05) is 23.6 Å². The van der Waals surface area contributed by atoms with Crippen LogP contribution in [0.1, 0.15) is 50.3 Å². The van der Waals surface area contributed by atoms with Crippen LogP contribution >= 0.6 is 0 Å². The summed E-state index contributed by atoms with van der Waals surface area (Å²) in [6, 6.07) is 5.65. The molecule has 2 aromatic rings. The second-order valence-corrected chi connectivity index (χ2v) is 6.86. The van der Waals surface area contributed by atoms with Crippen LogP contribution in [0.2, 0.25) is 0 Å². The molecular weight excluding hydrogens is 316 g/mol. The number of likely N-dealkylation sites (N-methyl/N-ethyl adjacent to an activating group) is 2. The molecule has 1 atom stereocenters. The Bertz CT molecular complexity index is 808. The summed E-state index contributed by atoms with van der Waals surface area (Å²) >= 11 is 0. The number of carbonyl (C=O) groups is 1. The maximum atomic E-state index is 12.0. The third kappa shape index (κ3) is 4.69. The van der Waals surface area contributed by atoms with Crippen LogP contribution in [0.5, 0.6) is 0 Å². The van der Waals surface area contributed by atoms with Gasteiger partial charge in [-0.1, -0.05) is 13.8 Å². The Balaban J connectivity index is 2.43. The van der Waals surface area contributed by atoms with E-state index in [9.17, 15) is 9.59 Å². The molecule has 5 nitrogen and oxygen atoms in total. The first kappa shape index (κ1) is 19.2. The molecule has 0 bridgehead atoms. The van der Waals surface area contributed by atoms with E-state index in [1.807, 2.05) is 26.8 Å². The molecule has 1 unspecified atom stereocenters. The fourth-order valence-electron chi connectivity index (χ4n) is 3.23. The van der Waals surface area contributed by atoms with Gasteiger partial charge in [-0.15, -0.1) is 0 Å². The maximum Gasteiger partial charge on any atom is 0.336 e. The van der Waals surface area contributed by atoms with Gasteiger partial charge in [-0.05, 0) is 49.9 Å². The highest BCUT2D eigenvalue weighted by Gasteiger charge is 2.17. The molecule has 1 aromatic carbocycles. The predicted octanol–water partition coefficient (Wildman–Crippen LogP) is 1.77. The molecule has 0 aliphatic heterocycles. The number of hydrogen-bond acceptors (Lipinski definition) is 3. The Kier molecular flexibility index (Phi) is 6.37. The first-order valence-corrected chi connectivity index (χ1v) is 9.03. The van der Waals surface area contributed by atoms with E-state index in [0.29, 0.717) is 31.1 Å². The maximum absolute atomic E-state index is 12.0. The van der Waals surface area contributed by atoms with E-state index >= 15 is 0 Å². The van der Waals surface area contributed by atoms with Gasteiger partial charge >= 0.3 is 5.63 Å². The van der Waals surface area contributed by atoms with E-state index in [1.165, 1.54) is 5.56 Å². The molecule has 0 saturated carbocycles. The van der Waals surface area contributed by atoms with E-state index < -0.39 is 0 Å². The molecule has 0 aliphatic carbocycles. The number of nitrogens with one attached hydrogen (secondary N) is 2. The lowest BCUT2D eigenvalue weighted by atomic mass is 9.95. The predicted molar refractivity (Wildman–Crippen MR) is 100 cm³/mol. The molecule has 1 amide bonds. The topological polar surface area (TPSA) is 63.8 Å². The first-order chi connectivity index (χ1) is 11.8. The first-order valence-electron chi connectivity index (χ1n) is 9.03. The number of fused-ring (bicyclic) bond motifs is 1. The average Bonchev–Trinajstić information content (AvgIpc) is 2.53.